The molecule has 0 aliphatic carbocycles. The van der Waals surface area contributed by atoms with E-state index in [1.165, 1.54) is 7.11 Å². The summed E-state index contributed by atoms with van der Waals surface area (Å²) in [6.45, 7) is 2.31. The van der Waals surface area contributed by atoms with Crippen molar-refractivity contribution in [2.24, 2.45) is 5.73 Å². The van der Waals surface area contributed by atoms with Crippen molar-refractivity contribution in [3.63, 3.8) is 0 Å². The van der Waals surface area contributed by atoms with Crippen LogP contribution in [0, 0.1) is 0 Å². The summed E-state index contributed by atoms with van der Waals surface area (Å²) in [5.41, 5.74) is 6.59. The number of aliphatic hydroxyl groups excluding tert-OH is 1. The fourth-order valence-corrected chi connectivity index (χ4v) is 1.61. The van der Waals surface area contributed by atoms with Gasteiger partial charge in [0.1, 0.15) is 11.9 Å². The number of rotatable bonds is 7. The molecule has 6 nitrogen and oxygen atoms in total. The van der Waals surface area contributed by atoms with Gasteiger partial charge in [-0.1, -0.05) is 0 Å². The highest BCUT2D eigenvalue weighted by Gasteiger charge is 2.16. The van der Waals surface area contributed by atoms with Gasteiger partial charge < -0.3 is 25.6 Å². The molecule has 0 bridgehead atoms. The number of ether oxygens (including phenoxy) is 2. The Balaban J connectivity index is 2.82. The van der Waals surface area contributed by atoms with Gasteiger partial charge in [0, 0.05) is 24.9 Å². The molecule has 106 valence electrons. The van der Waals surface area contributed by atoms with E-state index in [2.05, 4.69) is 5.32 Å². The second-order valence-electron chi connectivity index (χ2n) is 3.86. The Kier molecular flexibility index (Phi) is 6.27. The average Bonchev–Trinajstić information content (AvgIpc) is 2.42. The fourth-order valence-electron chi connectivity index (χ4n) is 1.61. The summed E-state index contributed by atoms with van der Waals surface area (Å²) in [5, 5.41) is 11.9. The van der Waals surface area contributed by atoms with Gasteiger partial charge in [-0.25, -0.2) is 0 Å². The van der Waals surface area contributed by atoms with E-state index < -0.39 is 6.10 Å². The summed E-state index contributed by atoms with van der Waals surface area (Å²) in [5.74, 6) is 0.281. The molecule has 0 heterocycles. The van der Waals surface area contributed by atoms with Gasteiger partial charge in [-0.05, 0) is 25.1 Å². The monoisotopic (exact) mass is 268 g/mol. The number of nitrogens with one attached hydrogen (secondary N) is 1. The van der Waals surface area contributed by atoms with Gasteiger partial charge in [0.05, 0.1) is 13.2 Å². The highest BCUT2D eigenvalue weighted by molar-refractivity contribution is 5.94. The lowest BCUT2D eigenvalue weighted by Gasteiger charge is -2.15. The Hall–Kier alpha value is -1.63. The summed E-state index contributed by atoms with van der Waals surface area (Å²) >= 11 is 0. The predicted molar refractivity (Wildman–Crippen MR) is 72.0 cm³/mol. The average molecular weight is 268 g/mol. The van der Waals surface area contributed by atoms with Crippen LogP contribution >= 0.6 is 0 Å². The van der Waals surface area contributed by atoms with Crippen LogP contribution in [-0.2, 0) is 16.1 Å². The van der Waals surface area contributed by atoms with Crippen LogP contribution in [0.1, 0.15) is 12.5 Å². The molecule has 1 rings (SSSR count). The van der Waals surface area contributed by atoms with Crippen LogP contribution in [0.3, 0.4) is 0 Å². The minimum Gasteiger partial charge on any atom is -0.494 e. The maximum atomic E-state index is 11.8. The largest absolute Gasteiger partial charge is 0.494 e. The van der Waals surface area contributed by atoms with E-state index in [9.17, 15) is 9.90 Å². The van der Waals surface area contributed by atoms with Gasteiger partial charge >= 0.3 is 0 Å². The molecule has 0 spiro atoms. The van der Waals surface area contributed by atoms with Gasteiger partial charge in [0.15, 0.2) is 0 Å². The Morgan fingerprint density at radius 2 is 2.26 bits per heavy atom. The molecule has 0 aliphatic heterocycles. The summed E-state index contributed by atoms with van der Waals surface area (Å²) < 4.78 is 10.3. The normalized spacial score (nSPS) is 12.0. The molecule has 0 saturated heterocycles. The molecule has 1 atom stereocenters. The van der Waals surface area contributed by atoms with E-state index in [1.54, 1.807) is 18.2 Å². The number of nitrogens with two attached hydrogens (primary N) is 1. The maximum absolute atomic E-state index is 11.8. The third-order valence-electron chi connectivity index (χ3n) is 2.59. The number of methoxy groups -OCH3 is 1. The highest BCUT2D eigenvalue weighted by Crippen LogP contribution is 2.23. The molecule has 0 saturated carbocycles. The van der Waals surface area contributed by atoms with Crippen LogP contribution < -0.4 is 15.8 Å². The van der Waals surface area contributed by atoms with Crippen molar-refractivity contribution in [1.29, 1.82) is 0 Å². The zero-order valence-electron chi connectivity index (χ0n) is 11.2. The van der Waals surface area contributed by atoms with Crippen LogP contribution in [0.15, 0.2) is 18.2 Å². The molecular weight excluding hydrogens is 248 g/mol. The smallest absolute Gasteiger partial charge is 0.254 e. The SMILES string of the molecule is CCOc1ccc(NC(=O)C(CN)OC)cc1CO. The molecular formula is C13H20N2O4. The van der Waals surface area contributed by atoms with Crippen molar-refractivity contribution in [1.82, 2.24) is 0 Å². The van der Waals surface area contributed by atoms with Gasteiger partial charge in [0.2, 0.25) is 0 Å². The number of hydrogen-bond donors (Lipinski definition) is 3. The first kappa shape index (κ1) is 15.4. The molecule has 0 aromatic heterocycles. The predicted octanol–water partition coefficient (Wildman–Crippen LogP) is 0.490. The van der Waals surface area contributed by atoms with E-state index in [0.29, 0.717) is 23.6 Å². The highest BCUT2D eigenvalue weighted by atomic mass is 16.5. The molecule has 0 radical (unpaired) electrons. The quantitative estimate of drug-likeness (QED) is 0.669. The summed E-state index contributed by atoms with van der Waals surface area (Å²) in [6, 6.07) is 5.06. The van der Waals surface area contributed by atoms with Crippen LogP contribution in [0.5, 0.6) is 5.75 Å². The second-order valence-corrected chi connectivity index (χ2v) is 3.86. The number of amides is 1. The van der Waals surface area contributed by atoms with Gasteiger partial charge in [-0.15, -0.1) is 0 Å². The lowest BCUT2D eigenvalue weighted by atomic mass is 10.2. The van der Waals surface area contributed by atoms with Crippen molar-refractivity contribution < 1.29 is 19.4 Å². The number of carbonyl (C=O) groups is 1. The topological polar surface area (TPSA) is 93.8 Å². The third kappa shape index (κ3) is 4.20. The first-order valence-corrected chi connectivity index (χ1v) is 6.06. The maximum Gasteiger partial charge on any atom is 0.254 e. The minimum absolute atomic E-state index is 0.103. The van der Waals surface area contributed by atoms with E-state index in [1.807, 2.05) is 6.92 Å². The molecule has 0 aliphatic rings. The van der Waals surface area contributed by atoms with E-state index >= 15 is 0 Å². The number of carbonyl (C=O) groups excluding carboxylic acids is 1. The van der Waals surface area contributed by atoms with Gasteiger partial charge in [-0.3, -0.25) is 4.79 Å². The number of aliphatic hydroxyl groups is 1. The Morgan fingerprint density at radius 1 is 1.53 bits per heavy atom. The van der Waals surface area contributed by atoms with Crippen molar-refractivity contribution >= 4 is 11.6 Å². The summed E-state index contributed by atoms with van der Waals surface area (Å²) in [4.78, 5) is 11.8. The van der Waals surface area contributed by atoms with E-state index in [4.69, 9.17) is 15.2 Å². The molecule has 1 unspecified atom stereocenters. The van der Waals surface area contributed by atoms with Crippen molar-refractivity contribution in [2.45, 2.75) is 19.6 Å². The fraction of sp³-hybridized carbons (Fsp3) is 0.462. The first-order chi connectivity index (χ1) is 9.15. The lowest BCUT2D eigenvalue weighted by Crippen LogP contribution is -2.35. The first-order valence-electron chi connectivity index (χ1n) is 6.06. The zero-order chi connectivity index (χ0) is 14.3. The van der Waals surface area contributed by atoms with Crippen LogP contribution in [0.2, 0.25) is 0 Å². The standard InChI is InChI=1S/C13H20N2O4/c1-3-19-11-5-4-10(6-9(11)8-16)15-13(17)12(7-14)18-2/h4-6,12,16H,3,7-8,14H2,1-2H3,(H,15,17). The number of benzene rings is 1. The molecule has 6 heteroatoms. The van der Waals surface area contributed by atoms with Crippen LogP contribution in [0.25, 0.3) is 0 Å². The van der Waals surface area contributed by atoms with Crippen LogP contribution in [-0.4, -0.2) is 37.4 Å². The second kappa shape index (κ2) is 7.73. The number of hydrogen-bond acceptors (Lipinski definition) is 5. The molecule has 1 aromatic carbocycles. The van der Waals surface area contributed by atoms with Crippen molar-refractivity contribution in [3.8, 4) is 5.75 Å². The molecule has 19 heavy (non-hydrogen) atoms. The van der Waals surface area contributed by atoms with E-state index in [0.717, 1.165) is 0 Å². The minimum atomic E-state index is -0.691. The van der Waals surface area contributed by atoms with E-state index in [-0.39, 0.29) is 19.1 Å². The Bertz CT molecular complexity index is 419. The lowest BCUT2D eigenvalue weighted by molar-refractivity contribution is -0.125. The Labute approximate surface area is 112 Å². The van der Waals surface area contributed by atoms with Gasteiger partial charge in [-0.2, -0.15) is 0 Å². The van der Waals surface area contributed by atoms with Crippen molar-refractivity contribution in [2.75, 3.05) is 25.6 Å². The molecule has 1 aromatic rings. The molecule has 1 amide bonds. The molecule has 4 N–H and O–H groups in total. The zero-order valence-corrected chi connectivity index (χ0v) is 11.2. The molecule has 0 fully saturated rings. The van der Waals surface area contributed by atoms with Crippen molar-refractivity contribution in [3.05, 3.63) is 23.8 Å². The summed E-state index contributed by atoms with van der Waals surface area (Å²) in [7, 11) is 1.43. The third-order valence-corrected chi connectivity index (χ3v) is 2.59. The van der Waals surface area contributed by atoms with Crippen LogP contribution in [0.4, 0.5) is 5.69 Å². The number of anilines is 1. The van der Waals surface area contributed by atoms with Gasteiger partial charge in [0.25, 0.3) is 5.91 Å². The summed E-state index contributed by atoms with van der Waals surface area (Å²) in [6.07, 6.45) is -0.691. The Morgan fingerprint density at radius 3 is 2.79 bits per heavy atom.